The highest BCUT2D eigenvalue weighted by atomic mass is 19.1. The van der Waals surface area contributed by atoms with Crippen LogP contribution in [0.4, 0.5) is 26.0 Å². The predicted octanol–water partition coefficient (Wildman–Crippen LogP) is 4.14. The lowest BCUT2D eigenvalue weighted by atomic mass is 10.2. The second-order valence-electron chi connectivity index (χ2n) is 6.19. The maximum atomic E-state index is 13.2. The van der Waals surface area contributed by atoms with Crippen LogP contribution in [0.5, 0.6) is 0 Å². The van der Waals surface area contributed by atoms with Crippen LogP contribution in [0.2, 0.25) is 0 Å². The van der Waals surface area contributed by atoms with Crippen LogP contribution >= 0.6 is 0 Å². The number of aromatic nitrogens is 2. The summed E-state index contributed by atoms with van der Waals surface area (Å²) in [4.78, 5) is 17.2. The van der Waals surface area contributed by atoms with Crippen LogP contribution in [0.3, 0.4) is 0 Å². The summed E-state index contributed by atoms with van der Waals surface area (Å²) in [5.41, 5.74) is 1.08. The second kappa shape index (κ2) is 7.51. The highest BCUT2D eigenvalue weighted by Gasteiger charge is 2.26. The Bertz CT molecular complexity index is 1200. The van der Waals surface area contributed by atoms with Gasteiger partial charge in [-0.2, -0.15) is 4.73 Å². The zero-order chi connectivity index (χ0) is 20.4. The molecule has 0 spiro atoms. The van der Waals surface area contributed by atoms with Gasteiger partial charge in [-0.15, -0.1) is 0 Å². The number of nitrogens with zero attached hydrogens (tertiary/aromatic N) is 2. The van der Waals surface area contributed by atoms with Crippen molar-refractivity contribution >= 4 is 34.1 Å². The Morgan fingerprint density at radius 1 is 0.862 bits per heavy atom. The van der Waals surface area contributed by atoms with Gasteiger partial charge in [-0.25, -0.2) is 13.8 Å². The van der Waals surface area contributed by atoms with E-state index in [9.17, 15) is 18.8 Å². The highest BCUT2D eigenvalue weighted by molar-refractivity contribution is 6.06. The van der Waals surface area contributed by atoms with E-state index >= 15 is 0 Å². The number of nitrogens with one attached hydrogen (secondary N) is 2. The molecule has 4 rings (SSSR count). The van der Waals surface area contributed by atoms with Crippen molar-refractivity contribution < 1.29 is 18.3 Å². The molecule has 0 unspecified atom stereocenters. The van der Waals surface area contributed by atoms with Crippen LogP contribution in [-0.4, -0.2) is 10.9 Å². The van der Waals surface area contributed by atoms with Crippen molar-refractivity contribution in [1.29, 1.82) is 0 Å². The van der Waals surface area contributed by atoms with E-state index in [0.29, 0.717) is 21.6 Å². The molecule has 6 nitrogen and oxygen atoms in total. The third kappa shape index (κ3) is 3.81. The van der Waals surface area contributed by atoms with E-state index in [1.54, 1.807) is 24.3 Å². The summed E-state index contributed by atoms with van der Waals surface area (Å²) in [6, 6.07) is 17.1. The molecule has 144 valence electrons. The molecule has 0 aliphatic heterocycles. The van der Waals surface area contributed by atoms with Crippen molar-refractivity contribution in [1.82, 2.24) is 4.98 Å². The highest BCUT2D eigenvalue weighted by Crippen LogP contribution is 2.21. The maximum Gasteiger partial charge on any atom is 0.325 e. The average Bonchev–Trinajstić information content (AvgIpc) is 2.71. The smallest absolute Gasteiger partial charge is 0.325 e. The Hall–Kier alpha value is -4.07. The molecular formula is C21H14F2N4O2. The van der Waals surface area contributed by atoms with Gasteiger partial charge in [-0.05, 0) is 54.6 Å². The number of carbonyl (C=O) groups is 1. The van der Waals surface area contributed by atoms with Gasteiger partial charge in [0.2, 0.25) is 11.3 Å². The Labute approximate surface area is 164 Å². The fourth-order valence-electron chi connectivity index (χ4n) is 2.80. The van der Waals surface area contributed by atoms with Gasteiger partial charge in [-0.1, -0.05) is 12.1 Å². The monoisotopic (exact) mass is 392 g/mol. The molecule has 0 aliphatic rings. The lowest BCUT2D eigenvalue weighted by Crippen LogP contribution is -2.39. The number of anilines is 3. The van der Waals surface area contributed by atoms with Gasteiger partial charge >= 0.3 is 11.6 Å². The van der Waals surface area contributed by atoms with Crippen LogP contribution in [0.25, 0.3) is 11.0 Å². The fraction of sp³-hybridized carbons (Fsp3) is 0. The summed E-state index contributed by atoms with van der Waals surface area (Å²) in [7, 11) is 0. The fourth-order valence-corrected chi connectivity index (χ4v) is 2.80. The van der Waals surface area contributed by atoms with Gasteiger partial charge in [0.25, 0.3) is 0 Å². The molecule has 3 aromatic carbocycles. The van der Waals surface area contributed by atoms with E-state index in [4.69, 9.17) is 0 Å². The van der Waals surface area contributed by atoms with Gasteiger partial charge in [0.15, 0.2) is 0 Å². The number of para-hydroxylation sites is 2. The number of hydrogen-bond donors (Lipinski definition) is 2. The predicted molar refractivity (Wildman–Crippen MR) is 105 cm³/mol. The molecule has 0 saturated carbocycles. The summed E-state index contributed by atoms with van der Waals surface area (Å²) >= 11 is 0. The Balaban J connectivity index is 1.78. The molecule has 1 aromatic heterocycles. The van der Waals surface area contributed by atoms with Crippen LogP contribution in [0.1, 0.15) is 10.5 Å². The first-order valence-corrected chi connectivity index (χ1v) is 8.63. The first-order chi connectivity index (χ1) is 14.0. The molecular weight excluding hydrogens is 378 g/mol. The standard InChI is InChI=1S/C21H14F2N4O2/c22-13-5-9-15(10-6-13)24-20-19(21(28)25-16-11-7-14(23)8-12-16)27(29)18-4-2-1-3-17(18)26-20/h1-12H,(H,24,26)(H,25,28). The quantitative estimate of drug-likeness (QED) is 0.404. The molecule has 1 amide bonds. The third-order valence-electron chi connectivity index (χ3n) is 4.18. The molecule has 4 aromatic rings. The third-order valence-corrected chi connectivity index (χ3v) is 4.18. The Morgan fingerprint density at radius 2 is 1.45 bits per heavy atom. The molecule has 2 N–H and O–H groups in total. The lowest BCUT2D eigenvalue weighted by Gasteiger charge is -2.13. The minimum absolute atomic E-state index is 0.00456. The van der Waals surface area contributed by atoms with Crippen molar-refractivity contribution in [2.45, 2.75) is 0 Å². The molecule has 8 heteroatoms. The molecule has 0 aliphatic carbocycles. The summed E-state index contributed by atoms with van der Waals surface area (Å²) in [6.45, 7) is 0. The molecule has 29 heavy (non-hydrogen) atoms. The number of rotatable bonds is 4. The van der Waals surface area contributed by atoms with Crippen molar-refractivity contribution in [3.8, 4) is 0 Å². The number of halogens is 2. The normalized spacial score (nSPS) is 10.7. The summed E-state index contributed by atoms with van der Waals surface area (Å²) in [5.74, 6) is -1.59. The van der Waals surface area contributed by atoms with Gasteiger partial charge < -0.3 is 15.8 Å². The number of benzene rings is 3. The molecule has 0 fully saturated rings. The minimum atomic E-state index is -0.727. The molecule has 0 radical (unpaired) electrons. The van der Waals surface area contributed by atoms with Crippen molar-refractivity contribution in [2.24, 2.45) is 0 Å². The number of hydrogen-bond acceptors (Lipinski definition) is 4. The van der Waals surface area contributed by atoms with E-state index in [1.807, 2.05) is 0 Å². The maximum absolute atomic E-state index is 13.2. The molecule has 1 heterocycles. The van der Waals surface area contributed by atoms with E-state index in [-0.39, 0.29) is 17.0 Å². The van der Waals surface area contributed by atoms with Crippen molar-refractivity contribution in [3.05, 3.63) is 95.3 Å². The zero-order valence-electron chi connectivity index (χ0n) is 14.9. The van der Waals surface area contributed by atoms with E-state index in [2.05, 4.69) is 15.6 Å². The Morgan fingerprint density at radius 3 is 2.10 bits per heavy atom. The lowest BCUT2D eigenvalue weighted by molar-refractivity contribution is -0.578. The zero-order valence-corrected chi connectivity index (χ0v) is 14.9. The Kier molecular flexibility index (Phi) is 4.74. The summed E-state index contributed by atoms with van der Waals surface area (Å²) < 4.78 is 26.8. The van der Waals surface area contributed by atoms with Gasteiger partial charge in [-0.3, -0.25) is 4.79 Å². The molecule has 0 saturated heterocycles. The number of amides is 1. The topological polar surface area (TPSA) is 81.0 Å². The van der Waals surface area contributed by atoms with E-state index in [0.717, 1.165) is 0 Å². The van der Waals surface area contributed by atoms with Crippen molar-refractivity contribution in [3.63, 3.8) is 0 Å². The van der Waals surface area contributed by atoms with Gasteiger partial charge in [0.1, 0.15) is 17.2 Å². The number of carbonyl (C=O) groups excluding carboxylic acids is 1. The second-order valence-corrected chi connectivity index (χ2v) is 6.19. The van der Waals surface area contributed by atoms with Crippen LogP contribution in [0, 0.1) is 16.8 Å². The van der Waals surface area contributed by atoms with Gasteiger partial charge in [0.05, 0.1) is 0 Å². The first kappa shape index (κ1) is 18.3. The average molecular weight is 392 g/mol. The molecule has 0 atom stereocenters. The first-order valence-electron chi connectivity index (χ1n) is 8.63. The van der Waals surface area contributed by atoms with Crippen LogP contribution in [-0.2, 0) is 0 Å². The minimum Gasteiger partial charge on any atom is -0.618 e. The van der Waals surface area contributed by atoms with E-state index < -0.39 is 17.5 Å². The van der Waals surface area contributed by atoms with Crippen molar-refractivity contribution in [2.75, 3.05) is 10.6 Å². The summed E-state index contributed by atoms with van der Waals surface area (Å²) in [5, 5.41) is 18.4. The summed E-state index contributed by atoms with van der Waals surface area (Å²) in [6.07, 6.45) is 0. The van der Waals surface area contributed by atoms with Gasteiger partial charge in [0, 0.05) is 17.4 Å². The SMILES string of the molecule is O=C(Nc1ccc(F)cc1)c1c(Nc2ccc(F)cc2)nc2ccccc2[n+]1[O-]. The van der Waals surface area contributed by atoms with Crippen LogP contribution < -0.4 is 15.4 Å². The molecule has 0 bridgehead atoms. The number of fused-ring (bicyclic) bond motifs is 1. The van der Waals surface area contributed by atoms with E-state index in [1.165, 1.54) is 48.5 Å². The van der Waals surface area contributed by atoms with Crippen LogP contribution in [0.15, 0.2) is 72.8 Å². The largest absolute Gasteiger partial charge is 0.618 e.